The molecule has 1 nitrogen and oxygen atoms in total. The smallest absolute Gasteiger partial charge is 0.143 e. The van der Waals surface area contributed by atoms with Crippen molar-refractivity contribution in [3.63, 3.8) is 0 Å². The van der Waals surface area contributed by atoms with Crippen molar-refractivity contribution < 1.29 is 4.79 Å². The summed E-state index contributed by atoms with van der Waals surface area (Å²) in [7, 11) is 0. The molecule has 88 valence electrons. The summed E-state index contributed by atoms with van der Waals surface area (Å²) < 4.78 is 0. The van der Waals surface area contributed by atoms with Crippen molar-refractivity contribution in [2.45, 2.75) is 70.6 Å². The normalized spacial score (nSPS) is 29.4. The molecule has 3 aliphatic rings. The van der Waals surface area contributed by atoms with E-state index in [4.69, 9.17) is 0 Å². The lowest BCUT2D eigenvalue weighted by molar-refractivity contribution is -0.129. The van der Waals surface area contributed by atoms with Crippen LogP contribution < -0.4 is 0 Å². The quantitative estimate of drug-likeness (QED) is 0.558. The van der Waals surface area contributed by atoms with Crippen LogP contribution in [0.3, 0.4) is 0 Å². The van der Waals surface area contributed by atoms with Gasteiger partial charge >= 0.3 is 0 Å². The minimum absolute atomic E-state index is 0.0479. The first-order valence-electron chi connectivity index (χ1n) is 7.08. The van der Waals surface area contributed by atoms with E-state index in [0.717, 1.165) is 12.8 Å². The molecule has 1 fully saturated rings. The Labute approximate surface area is 98.3 Å². The Morgan fingerprint density at radius 3 is 2.31 bits per heavy atom. The van der Waals surface area contributed by atoms with Crippen LogP contribution in [-0.4, -0.2) is 5.78 Å². The molecule has 0 aromatic rings. The fourth-order valence-corrected chi connectivity index (χ4v) is 4.23. The van der Waals surface area contributed by atoms with E-state index in [9.17, 15) is 4.79 Å². The Bertz CT molecular complexity index is 331. The Kier molecular flexibility index (Phi) is 2.65. The first kappa shape index (κ1) is 10.6. The zero-order valence-electron chi connectivity index (χ0n) is 10.2. The maximum absolute atomic E-state index is 12.4. The van der Waals surface area contributed by atoms with Crippen LogP contribution in [0.4, 0.5) is 0 Å². The molecule has 0 radical (unpaired) electrons. The lowest BCUT2D eigenvalue weighted by Gasteiger charge is -2.44. The summed E-state index contributed by atoms with van der Waals surface area (Å²) in [5.74, 6) is 0.591. The van der Waals surface area contributed by atoms with Gasteiger partial charge in [0.25, 0.3) is 0 Å². The van der Waals surface area contributed by atoms with Gasteiger partial charge in [-0.3, -0.25) is 4.79 Å². The van der Waals surface area contributed by atoms with Crippen LogP contribution in [0.1, 0.15) is 70.6 Å². The van der Waals surface area contributed by atoms with E-state index in [1.54, 1.807) is 11.1 Å². The molecule has 16 heavy (non-hydrogen) atoms. The number of fused-ring (bicyclic) bond motifs is 1. The molecule has 3 aliphatic carbocycles. The highest BCUT2D eigenvalue weighted by Gasteiger charge is 2.45. The number of allylic oxidation sites excluding steroid dienone is 2. The lowest BCUT2D eigenvalue weighted by atomic mass is 9.59. The SMILES string of the molecule is O=C1CCC2=C(CCCC2)C12CCCCC2. The molecule has 0 amide bonds. The van der Waals surface area contributed by atoms with E-state index in [2.05, 4.69) is 0 Å². The first-order chi connectivity index (χ1) is 7.83. The van der Waals surface area contributed by atoms with Gasteiger partial charge in [0.1, 0.15) is 5.78 Å². The van der Waals surface area contributed by atoms with Gasteiger partial charge in [-0.05, 0) is 44.9 Å². The van der Waals surface area contributed by atoms with Gasteiger partial charge in [0, 0.05) is 6.42 Å². The fourth-order valence-electron chi connectivity index (χ4n) is 4.23. The van der Waals surface area contributed by atoms with Crippen molar-refractivity contribution in [3.05, 3.63) is 11.1 Å². The van der Waals surface area contributed by atoms with Crippen LogP contribution in [0.5, 0.6) is 0 Å². The third-order valence-corrected chi connectivity index (χ3v) is 5.05. The van der Waals surface area contributed by atoms with Crippen molar-refractivity contribution >= 4 is 5.78 Å². The largest absolute Gasteiger partial charge is 0.299 e. The molecule has 0 aliphatic heterocycles. The molecule has 1 heteroatoms. The Morgan fingerprint density at radius 2 is 1.50 bits per heavy atom. The standard InChI is InChI=1S/C15H22O/c16-14-9-8-12-6-2-3-7-13(12)15(14)10-4-1-5-11-15/h1-11H2. The average Bonchev–Trinajstić information content (AvgIpc) is 2.36. The Morgan fingerprint density at radius 1 is 0.750 bits per heavy atom. The zero-order valence-corrected chi connectivity index (χ0v) is 10.2. The van der Waals surface area contributed by atoms with Gasteiger partial charge in [0.05, 0.1) is 5.41 Å². The van der Waals surface area contributed by atoms with Gasteiger partial charge in [0.15, 0.2) is 0 Å². The predicted molar refractivity (Wildman–Crippen MR) is 65.3 cm³/mol. The monoisotopic (exact) mass is 218 g/mol. The summed E-state index contributed by atoms with van der Waals surface area (Å²) in [6.07, 6.45) is 13.4. The molecule has 0 unspecified atom stereocenters. The average molecular weight is 218 g/mol. The van der Waals surface area contributed by atoms with E-state index >= 15 is 0 Å². The van der Waals surface area contributed by atoms with E-state index in [0.29, 0.717) is 5.78 Å². The molecule has 1 saturated carbocycles. The summed E-state index contributed by atoms with van der Waals surface area (Å²) in [5.41, 5.74) is 3.36. The summed E-state index contributed by atoms with van der Waals surface area (Å²) in [5, 5.41) is 0. The minimum Gasteiger partial charge on any atom is -0.299 e. The predicted octanol–water partition coefficient (Wildman–Crippen LogP) is 4.17. The summed E-state index contributed by atoms with van der Waals surface area (Å²) in [4.78, 5) is 12.4. The van der Waals surface area contributed by atoms with Crippen LogP contribution >= 0.6 is 0 Å². The molecule has 1 spiro atoms. The summed E-state index contributed by atoms with van der Waals surface area (Å²) >= 11 is 0. The molecule has 0 aromatic carbocycles. The van der Waals surface area contributed by atoms with Crippen LogP contribution in [0.25, 0.3) is 0 Å². The topological polar surface area (TPSA) is 17.1 Å². The molecule has 0 bridgehead atoms. The second-order valence-electron chi connectivity index (χ2n) is 5.86. The molecule has 0 saturated heterocycles. The van der Waals surface area contributed by atoms with Gasteiger partial charge in [-0.25, -0.2) is 0 Å². The molecular weight excluding hydrogens is 196 g/mol. The minimum atomic E-state index is 0.0479. The first-order valence-corrected chi connectivity index (χ1v) is 7.08. The van der Waals surface area contributed by atoms with E-state index < -0.39 is 0 Å². The van der Waals surface area contributed by atoms with E-state index in [-0.39, 0.29) is 5.41 Å². The summed E-state index contributed by atoms with van der Waals surface area (Å²) in [6.45, 7) is 0. The third-order valence-electron chi connectivity index (χ3n) is 5.05. The Balaban J connectivity index is 2.01. The number of hydrogen-bond acceptors (Lipinski definition) is 1. The molecule has 0 N–H and O–H groups in total. The van der Waals surface area contributed by atoms with Crippen LogP contribution in [-0.2, 0) is 4.79 Å². The van der Waals surface area contributed by atoms with Gasteiger partial charge in [-0.1, -0.05) is 30.4 Å². The number of carbonyl (C=O) groups excluding carboxylic acids is 1. The highest BCUT2D eigenvalue weighted by atomic mass is 16.1. The van der Waals surface area contributed by atoms with Gasteiger partial charge in [-0.2, -0.15) is 0 Å². The van der Waals surface area contributed by atoms with E-state index in [1.165, 1.54) is 57.8 Å². The van der Waals surface area contributed by atoms with E-state index in [1.807, 2.05) is 0 Å². The van der Waals surface area contributed by atoms with Crippen molar-refractivity contribution in [2.75, 3.05) is 0 Å². The van der Waals surface area contributed by atoms with Crippen molar-refractivity contribution in [3.8, 4) is 0 Å². The molecule has 3 rings (SSSR count). The summed E-state index contributed by atoms with van der Waals surface area (Å²) in [6, 6.07) is 0. The highest BCUT2D eigenvalue weighted by molar-refractivity contribution is 5.89. The van der Waals surface area contributed by atoms with Crippen LogP contribution in [0.2, 0.25) is 0 Å². The Hall–Kier alpha value is -0.590. The van der Waals surface area contributed by atoms with Gasteiger partial charge in [0.2, 0.25) is 0 Å². The van der Waals surface area contributed by atoms with Crippen LogP contribution in [0.15, 0.2) is 11.1 Å². The number of carbonyl (C=O) groups is 1. The van der Waals surface area contributed by atoms with Gasteiger partial charge in [-0.15, -0.1) is 0 Å². The highest BCUT2D eigenvalue weighted by Crippen LogP contribution is 2.52. The fraction of sp³-hybridized carbons (Fsp3) is 0.800. The van der Waals surface area contributed by atoms with Gasteiger partial charge < -0.3 is 0 Å². The van der Waals surface area contributed by atoms with Crippen LogP contribution in [0, 0.1) is 5.41 Å². The molecule has 0 heterocycles. The number of hydrogen-bond donors (Lipinski definition) is 0. The molecular formula is C15H22O. The zero-order chi connectivity index (χ0) is 11.0. The number of ketones is 1. The molecule has 0 aromatic heterocycles. The third kappa shape index (κ3) is 1.48. The second kappa shape index (κ2) is 4.01. The second-order valence-corrected chi connectivity index (χ2v) is 5.86. The maximum atomic E-state index is 12.4. The number of rotatable bonds is 0. The van der Waals surface area contributed by atoms with Crippen molar-refractivity contribution in [1.29, 1.82) is 0 Å². The van der Waals surface area contributed by atoms with Crippen molar-refractivity contribution in [1.82, 2.24) is 0 Å². The lowest BCUT2D eigenvalue weighted by Crippen LogP contribution is -2.39. The molecule has 0 atom stereocenters. The number of Topliss-reactive ketones (excluding diaryl/α,β-unsaturated/α-hetero) is 1. The van der Waals surface area contributed by atoms with Crippen molar-refractivity contribution in [2.24, 2.45) is 5.41 Å². The maximum Gasteiger partial charge on any atom is 0.143 e.